The Hall–Kier alpha value is 0.394. The highest BCUT2D eigenvalue weighted by Gasteiger charge is 2.38. The SMILES string of the molecule is C[Si](C)(C)N(C1CCCCCCC1)[Si](C)(C)C. The topological polar surface area (TPSA) is 3.24 Å². The van der Waals surface area contributed by atoms with Crippen LogP contribution in [-0.4, -0.2) is 26.7 Å². The van der Waals surface area contributed by atoms with Crippen molar-refractivity contribution < 1.29 is 0 Å². The summed E-state index contributed by atoms with van der Waals surface area (Å²) in [5, 5.41) is 0. The lowest BCUT2D eigenvalue weighted by molar-refractivity contribution is 0.342. The molecule has 3 heteroatoms. The highest BCUT2D eigenvalue weighted by atomic mass is 28.4. The van der Waals surface area contributed by atoms with Gasteiger partial charge in [0.05, 0.1) is 0 Å². The van der Waals surface area contributed by atoms with Gasteiger partial charge in [0.15, 0.2) is 0 Å². The Kier molecular flexibility index (Phi) is 5.48. The first-order valence-electron chi connectivity index (χ1n) is 7.52. The molecule has 1 saturated carbocycles. The summed E-state index contributed by atoms with van der Waals surface area (Å²) in [5.74, 6) is 0. The van der Waals surface area contributed by atoms with Crippen LogP contribution in [0.25, 0.3) is 0 Å². The number of rotatable bonds is 3. The predicted molar refractivity (Wildman–Crippen MR) is 84.6 cm³/mol. The zero-order valence-corrected chi connectivity index (χ0v) is 15.0. The van der Waals surface area contributed by atoms with Crippen molar-refractivity contribution >= 4 is 16.5 Å². The van der Waals surface area contributed by atoms with Gasteiger partial charge in [-0.15, -0.1) is 0 Å². The smallest absolute Gasteiger partial charge is 0.112 e. The molecule has 1 nitrogen and oxygen atoms in total. The van der Waals surface area contributed by atoms with Crippen LogP contribution in [-0.2, 0) is 0 Å². The zero-order valence-electron chi connectivity index (χ0n) is 13.0. The minimum atomic E-state index is -1.15. The van der Waals surface area contributed by atoms with E-state index in [0.717, 1.165) is 6.04 Å². The Morgan fingerprint density at radius 3 is 1.35 bits per heavy atom. The molecule has 0 saturated heterocycles. The summed E-state index contributed by atoms with van der Waals surface area (Å²) in [7, 11) is -2.31. The summed E-state index contributed by atoms with van der Waals surface area (Å²) in [6.45, 7) is 15.3. The maximum absolute atomic E-state index is 3.05. The van der Waals surface area contributed by atoms with Crippen molar-refractivity contribution in [1.29, 1.82) is 0 Å². The van der Waals surface area contributed by atoms with E-state index in [9.17, 15) is 0 Å². The fraction of sp³-hybridized carbons (Fsp3) is 1.00. The van der Waals surface area contributed by atoms with E-state index < -0.39 is 16.5 Å². The van der Waals surface area contributed by atoms with Crippen molar-refractivity contribution in [2.45, 2.75) is 90.3 Å². The number of nitrogens with zero attached hydrogens (tertiary/aromatic N) is 1. The molecule has 0 aromatic carbocycles. The number of hydrogen-bond donors (Lipinski definition) is 0. The molecular formula is C14H33NSi2. The highest BCUT2D eigenvalue weighted by molar-refractivity contribution is 6.89. The Bertz CT molecular complexity index is 205. The van der Waals surface area contributed by atoms with E-state index in [0.29, 0.717) is 0 Å². The zero-order chi connectivity index (χ0) is 13.1. The molecule has 102 valence electrons. The Morgan fingerprint density at radius 1 is 0.647 bits per heavy atom. The average Bonchev–Trinajstić information content (AvgIpc) is 2.04. The van der Waals surface area contributed by atoms with E-state index in [1.807, 2.05) is 0 Å². The van der Waals surface area contributed by atoms with Gasteiger partial charge in [-0.3, -0.25) is 0 Å². The van der Waals surface area contributed by atoms with Gasteiger partial charge in [-0.05, 0) is 18.9 Å². The van der Waals surface area contributed by atoms with Gasteiger partial charge in [0.25, 0.3) is 0 Å². The molecule has 1 rings (SSSR count). The molecule has 0 N–H and O–H groups in total. The van der Waals surface area contributed by atoms with Crippen molar-refractivity contribution in [2.24, 2.45) is 0 Å². The standard InChI is InChI=1S/C14H33NSi2/c1-16(2,3)15(17(4,5)6)14-12-10-8-7-9-11-13-14/h14H,7-13H2,1-6H3. The monoisotopic (exact) mass is 271 g/mol. The van der Waals surface area contributed by atoms with Crippen LogP contribution < -0.4 is 0 Å². The second-order valence-corrected chi connectivity index (χ2v) is 17.8. The lowest BCUT2D eigenvalue weighted by atomic mass is 9.97. The van der Waals surface area contributed by atoms with Crippen LogP contribution in [0.2, 0.25) is 39.3 Å². The summed E-state index contributed by atoms with van der Waals surface area (Å²) in [6.07, 6.45) is 10.3. The predicted octanol–water partition coefficient (Wildman–Crippen LogP) is 5.07. The van der Waals surface area contributed by atoms with Crippen LogP contribution in [0.3, 0.4) is 0 Å². The summed E-state index contributed by atoms with van der Waals surface area (Å²) < 4.78 is 3.05. The summed E-state index contributed by atoms with van der Waals surface area (Å²) in [5.41, 5.74) is 0. The van der Waals surface area contributed by atoms with E-state index in [-0.39, 0.29) is 0 Å². The molecule has 0 atom stereocenters. The molecule has 17 heavy (non-hydrogen) atoms. The van der Waals surface area contributed by atoms with Gasteiger partial charge in [0, 0.05) is 0 Å². The minimum absolute atomic E-state index is 0.911. The second kappa shape index (κ2) is 6.02. The van der Waals surface area contributed by atoms with Crippen LogP contribution in [0, 0.1) is 0 Å². The molecule has 0 spiro atoms. The van der Waals surface area contributed by atoms with E-state index in [2.05, 4.69) is 43.5 Å². The third-order valence-corrected chi connectivity index (χ3v) is 11.5. The fourth-order valence-electron chi connectivity index (χ4n) is 3.79. The van der Waals surface area contributed by atoms with Gasteiger partial charge in [0.2, 0.25) is 0 Å². The second-order valence-electron chi connectivity index (χ2n) is 7.71. The Labute approximate surface area is 111 Å². The maximum atomic E-state index is 3.05. The van der Waals surface area contributed by atoms with Crippen LogP contribution >= 0.6 is 0 Å². The fourth-order valence-corrected chi connectivity index (χ4v) is 14.6. The van der Waals surface area contributed by atoms with Gasteiger partial charge in [0.1, 0.15) is 16.5 Å². The van der Waals surface area contributed by atoms with Crippen molar-refractivity contribution in [2.75, 3.05) is 0 Å². The molecule has 1 aliphatic rings. The van der Waals surface area contributed by atoms with Crippen LogP contribution in [0.5, 0.6) is 0 Å². The van der Waals surface area contributed by atoms with Crippen LogP contribution in [0.15, 0.2) is 0 Å². The van der Waals surface area contributed by atoms with E-state index >= 15 is 0 Å². The lowest BCUT2D eigenvalue weighted by Crippen LogP contribution is -2.63. The number of hydrogen-bond acceptors (Lipinski definition) is 1. The molecule has 1 aliphatic carbocycles. The summed E-state index contributed by atoms with van der Waals surface area (Å²) in [6, 6.07) is 0.911. The highest BCUT2D eigenvalue weighted by Crippen LogP contribution is 2.30. The molecule has 0 aliphatic heterocycles. The van der Waals surface area contributed by atoms with E-state index in [1.54, 1.807) is 0 Å². The minimum Gasteiger partial charge on any atom is -0.343 e. The third-order valence-electron chi connectivity index (χ3n) is 3.89. The molecule has 0 aromatic heterocycles. The molecule has 0 aromatic rings. The van der Waals surface area contributed by atoms with Crippen molar-refractivity contribution in [1.82, 2.24) is 4.23 Å². The van der Waals surface area contributed by atoms with Crippen LogP contribution in [0.1, 0.15) is 44.9 Å². The molecule has 0 heterocycles. The van der Waals surface area contributed by atoms with Gasteiger partial charge < -0.3 is 4.23 Å². The van der Waals surface area contributed by atoms with Gasteiger partial charge in [-0.25, -0.2) is 0 Å². The lowest BCUT2D eigenvalue weighted by Gasteiger charge is -2.49. The van der Waals surface area contributed by atoms with Crippen molar-refractivity contribution in [3.63, 3.8) is 0 Å². The first-order chi connectivity index (χ1) is 7.73. The van der Waals surface area contributed by atoms with Crippen LogP contribution in [0.4, 0.5) is 0 Å². The van der Waals surface area contributed by atoms with Gasteiger partial charge in [-0.1, -0.05) is 71.4 Å². The van der Waals surface area contributed by atoms with E-state index in [1.165, 1.54) is 44.9 Å². The first kappa shape index (κ1) is 15.5. The normalized spacial score (nSPS) is 21.4. The molecule has 0 amide bonds. The Morgan fingerprint density at radius 2 is 1.00 bits per heavy atom. The third kappa shape index (κ3) is 4.88. The van der Waals surface area contributed by atoms with Crippen molar-refractivity contribution in [3.05, 3.63) is 0 Å². The average molecular weight is 272 g/mol. The first-order valence-corrected chi connectivity index (χ1v) is 14.4. The Balaban J connectivity index is 2.80. The quantitative estimate of drug-likeness (QED) is 0.648. The summed E-state index contributed by atoms with van der Waals surface area (Å²) >= 11 is 0. The molecule has 0 unspecified atom stereocenters. The maximum Gasteiger partial charge on any atom is 0.112 e. The van der Waals surface area contributed by atoms with Gasteiger partial charge in [-0.2, -0.15) is 0 Å². The van der Waals surface area contributed by atoms with E-state index in [4.69, 9.17) is 0 Å². The molecule has 0 radical (unpaired) electrons. The molecule has 1 fully saturated rings. The molecule has 0 bridgehead atoms. The van der Waals surface area contributed by atoms with Crippen molar-refractivity contribution in [3.8, 4) is 0 Å². The largest absolute Gasteiger partial charge is 0.343 e. The van der Waals surface area contributed by atoms with Gasteiger partial charge >= 0.3 is 0 Å². The molecular weight excluding hydrogens is 238 g/mol. The summed E-state index contributed by atoms with van der Waals surface area (Å²) in [4.78, 5) is 0.